The SMILES string of the molecule is Cc1noc(CC(=O)NCCCN(C)C)n1. The molecule has 0 aromatic carbocycles. The molecule has 0 unspecified atom stereocenters. The molecule has 0 spiro atoms. The van der Waals surface area contributed by atoms with Gasteiger partial charge < -0.3 is 14.7 Å². The van der Waals surface area contributed by atoms with Gasteiger partial charge in [-0.15, -0.1) is 0 Å². The van der Waals surface area contributed by atoms with Crippen LogP contribution in [0.3, 0.4) is 0 Å². The number of hydrogen-bond acceptors (Lipinski definition) is 5. The molecule has 0 aliphatic carbocycles. The van der Waals surface area contributed by atoms with Crippen LogP contribution < -0.4 is 5.32 Å². The van der Waals surface area contributed by atoms with Crippen molar-refractivity contribution in [2.45, 2.75) is 19.8 Å². The van der Waals surface area contributed by atoms with Gasteiger partial charge in [-0.2, -0.15) is 4.98 Å². The Morgan fingerprint density at radius 1 is 1.50 bits per heavy atom. The molecule has 90 valence electrons. The van der Waals surface area contributed by atoms with Crippen LogP contribution in [0.15, 0.2) is 4.52 Å². The van der Waals surface area contributed by atoms with Gasteiger partial charge >= 0.3 is 0 Å². The van der Waals surface area contributed by atoms with Crippen molar-refractivity contribution < 1.29 is 9.32 Å². The zero-order valence-corrected chi connectivity index (χ0v) is 9.99. The van der Waals surface area contributed by atoms with E-state index in [0.717, 1.165) is 13.0 Å². The Morgan fingerprint density at radius 3 is 2.81 bits per heavy atom. The molecule has 0 aliphatic rings. The van der Waals surface area contributed by atoms with Crippen LogP contribution >= 0.6 is 0 Å². The summed E-state index contributed by atoms with van der Waals surface area (Å²) in [6.45, 7) is 3.35. The largest absolute Gasteiger partial charge is 0.356 e. The summed E-state index contributed by atoms with van der Waals surface area (Å²) in [5, 5.41) is 6.42. The molecule has 1 aromatic rings. The van der Waals surface area contributed by atoms with Gasteiger partial charge in [-0.3, -0.25) is 4.79 Å². The highest BCUT2D eigenvalue weighted by atomic mass is 16.5. The van der Waals surface area contributed by atoms with E-state index in [4.69, 9.17) is 4.52 Å². The van der Waals surface area contributed by atoms with Crippen molar-refractivity contribution in [2.75, 3.05) is 27.2 Å². The second kappa shape index (κ2) is 6.22. The first kappa shape index (κ1) is 12.6. The Balaban J connectivity index is 2.16. The summed E-state index contributed by atoms with van der Waals surface area (Å²) in [5.74, 6) is 0.834. The van der Waals surface area contributed by atoms with E-state index in [1.54, 1.807) is 6.92 Å². The van der Waals surface area contributed by atoms with Crippen LogP contribution in [0.4, 0.5) is 0 Å². The molecule has 0 radical (unpaired) electrons. The predicted molar refractivity (Wildman–Crippen MR) is 58.9 cm³/mol. The van der Waals surface area contributed by atoms with E-state index < -0.39 is 0 Å². The molecular weight excluding hydrogens is 208 g/mol. The lowest BCUT2D eigenvalue weighted by Gasteiger charge is -2.09. The zero-order chi connectivity index (χ0) is 12.0. The highest BCUT2D eigenvalue weighted by molar-refractivity contribution is 5.77. The first-order valence-electron chi connectivity index (χ1n) is 5.28. The van der Waals surface area contributed by atoms with Crippen molar-refractivity contribution in [3.63, 3.8) is 0 Å². The predicted octanol–water partition coefficient (Wildman–Crippen LogP) is -0.0116. The fourth-order valence-electron chi connectivity index (χ4n) is 1.23. The van der Waals surface area contributed by atoms with Gasteiger partial charge in [0.1, 0.15) is 6.42 Å². The molecule has 0 bridgehead atoms. The minimum absolute atomic E-state index is 0.0811. The Kier molecular flexibility index (Phi) is 4.91. The topological polar surface area (TPSA) is 71.3 Å². The second-order valence-corrected chi connectivity index (χ2v) is 3.92. The zero-order valence-electron chi connectivity index (χ0n) is 9.99. The van der Waals surface area contributed by atoms with Crippen molar-refractivity contribution in [2.24, 2.45) is 0 Å². The maximum Gasteiger partial charge on any atom is 0.236 e. The van der Waals surface area contributed by atoms with Gasteiger partial charge in [0.05, 0.1) is 0 Å². The highest BCUT2D eigenvalue weighted by Gasteiger charge is 2.08. The summed E-state index contributed by atoms with van der Waals surface area (Å²) in [4.78, 5) is 17.5. The lowest BCUT2D eigenvalue weighted by Crippen LogP contribution is -2.28. The molecule has 6 nitrogen and oxygen atoms in total. The van der Waals surface area contributed by atoms with Gasteiger partial charge in [0.15, 0.2) is 5.82 Å². The van der Waals surface area contributed by atoms with Gasteiger partial charge in [-0.05, 0) is 34.0 Å². The average molecular weight is 226 g/mol. The monoisotopic (exact) mass is 226 g/mol. The van der Waals surface area contributed by atoms with Crippen LogP contribution in [-0.4, -0.2) is 48.1 Å². The van der Waals surface area contributed by atoms with E-state index in [-0.39, 0.29) is 12.3 Å². The Labute approximate surface area is 95.0 Å². The third kappa shape index (κ3) is 4.88. The molecule has 1 aromatic heterocycles. The summed E-state index contributed by atoms with van der Waals surface area (Å²) < 4.78 is 4.85. The molecule has 16 heavy (non-hydrogen) atoms. The van der Waals surface area contributed by atoms with Gasteiger partial charge in [0, 0.05) is 6.54 Å². The maximum absolute atomic E-state index is 11.4. The molecular formula is C10H18N4O2. The van der Waals surface area contributed by atoms with Gasteiger partial charge in [-0.1, -0.05) is 5.16 Å². The molecule has 0 atom stereocenters. The van der Waals surface area contributed by atoms with Crippen LogP contribution in [0.2, 0.25) is 0 Å². The standard InChI is InChI=1S/C10H18N4O2/c1-8-12-10(16-13-8)7-9(15)11-5-4-6-14(2)3/h4-7H2,1-3H3,(H,11,15). The van der Waals surface area contributed by atoms with Crippen molar-refractivity contribution in [3.8, 4) is 0 Å². The first-order valence-corrected chi connectivity index (χ1v) is 5.28. The summed E-state index contributed by atoms with van der Waals surface area (Å²) in [5.41, 5.74) is 0. The first-order chi connectivity index (χ1) is 7.58. The molecule has 0 saturated carbocycles. The molecule has 0 saturated heterocycles. The maximum atomic E-state index is 11.4. The fourth-order valence-corrected chi connectivity index (χ4v) is 1.23. The molecule has 1 heterocycles. The number of amides is 1. The van der Waals surface area contributed by atoms with Crippen molar-refractivity contribution in [3.05, 3.63) is 11.7 Å². The Morgan fingerprint density at radius 2 is 2.25 bits per heavy atom. The lowest BCUT2D eigenvalue weighted by atomic mass is 10.3. The van der Waals surface area contributed by atoms with Gasteiger partial charge in [0.2, 0.25) is 11.8 Å². The third-order valence-corrected chi connectivity index (χ3v) is 1.99. The lowest BCUT2D eigenvalue weighted by molar-refractivity contribution is -0.120. The summed E-state index contributed by atoms with van der Waals surface area (Å²) >= 11 is 0. The Hall–Kier alpha value is -1.43. The molecule has 1 amide bonds. The number of carbonyl (C=O) groups excluding carboxylic acids is 1. The molecule has 6 heteroatoms. The quantitative estimate of drug-likeness (QED) is 0.691. The van der Waals surface area contributed by atoms with E-state index in [9.17, 15) is 4.79 Å². The highest BCUT2D eigenvalue weighted by Crippen LogP contribution is 1.96. The second-order valence-electron chi connectivity index (χ2n) is 3.92. The molecule has 0 aliphatic heterocycles. The van der Waals surface area contributed by atoms with Crippen LogP contribution in [0.25, 0.3) is 0 Å². The smallest absolute Gasteiger partial charge is 0.236 e. The van der Waals surface area contributed by atoms with Crippen LogP contribution in [-0.2, 0) is 11.2 Å². The van der Waals surface area contributed by atoms with E-state index in [0.29, 0.717) is 18.3 Å². The van der Waals surface area contributed by atoms with Crippen molar-refractivity contribution in [1.29, 1.82) is 0 Å². The molecule has 1 N–H and O–H groups in total. The fraction of sp³-hybridized carbons (Fsp3) is 0.700. The van der Waals surface area contributed by atoms with E-state index >= 15 is 0 Å². The van der Waals surface area contributed by atoms with Gasteiger partial charge in [0.25, 0.3) is 0 Å². The minimum atomic E-state index is -0.0811. The average Bonchev–Trinajstić information content (AvgIpc) is 2.58. The van der Waals surface area contributed by atoms with Crippen LogP contribution in [0, 0.1) is 6.92 Å². The van der Waals surface area contributed by atoms with Crippen LogP contribution in [0.5, 0.6) is 0 Å². The number of aryl methyl sites for hydroxylation is 1. The number of carbonyl (C=O) groups is 1. The van der Waals surface area contributed by atoms with Gasteiger partial charge in [-0.25, -0.2) is 0 Å². The van der Waals surface area contributed by atoms with E-state index in [1.807, 2.05) is 14.1 Å². The number of nitrogens with zero attached hydrogens (tertiary/aromatic N) is 3. The molecule has 1 rings (SSSR count). The Bertz CT molecular complexity index is 335. The minimum Gasteiger partial charge on any atom is -0.356 e. The third-order valence-electron chi connectivity index (χ3n) is 1.99. The number of hydrogen-bond donors (Lipinski definition) is 1. The van der Waals surface area contributed by atoms with Crippen LogP contribution in [0.1, 0.15) is 18.1 Å². The normalized spacial score (nSPS) is 10.8. The summed E-state index contributed by atoms with van der Waals surface area (Å²) in [7, 11) is 4.01. The van der Waals surface area contributed by atoms with Crippen molar-refractivity contribution in [1.82, 2.24) is 20.4 Å². The summed E-state index contributed by atoms with van der Waals surface area (Å²) in [6.07, 6.45) is 1.09. The van der Waals surface area contributed by atoms with Crippen molar-refractivity contribution >= 4 is 5.91 Å². The number of nitrogens with one attached hydrogen (secondary N) is 1. The van der Waals surface area contributed by atoms with E-state index in [1.165, 1.54) is 0 Å². The summed E-state index contributed by atoms with van der Waals surface area (Å²) in [6, 6.07) is 0. The molecule has 0 fully saturated rings. The number of rotatable bonds is 6. The van der Waals surface area contributed by atoms with E-state index in [2.05, 4.69) is 20.4 Å². The number of aromatic nitrogens is 2.